The number of aliphatic imine (C=N–C) groups is 1. The van der Waals surface area contributed by atoms with Crippen LogP contribution in [0.2, 0.25) is 0 Å². The fourth-order valence-electron chi connectivity index (χ4n) is 1.42. The minimum absolute atomic E-state index is 0.300. The van der Waals surface area contributed by atoms with E-state index in [0.29, 0.717) is 6.42 Å². The monoisotopic (exact) mass is 161 g/mol. The Balaban J connectivity index is 2.64. The van der Waals surface area contributed by atoms with Gasteiger partial charge in [-0.2, -0.15) is 4.99 Å². The van der Waals surface area contributed by atoms with E-state index in [9.17, 15) is 13.6 Å². The maximum Gasteiger partial charge on any atom is 0.252 e. The van der Waals surface area contributed by atoms with Gasteiger partial charge in [-0.15, -0.1) is 0 Å². The summed E-state index contributed by atoms with van der Waals surface area (Å²) in [5.74, 6) is -2.61. The molecule has 0 aromatic rings. The Morgan fingerprint density at radius 3 is 2.36 bits per heavy atom. The molecule has 2 nitrogen and oxygen atoms in total. The number of hydrogen-bond donors (Lipinski definition) is 0. The van der Waals surface area contributed by atoms with Gasteiger partial charge in [0.15, 0.2) is 0 Å². The summed E-state index contributed by atoms with van der Waals surface area (Å²) in [4.78, 5) is 13.2. The quantitative estimate of drug-likeness (QED) is 0.449. The first kappa shape index (κ1) is 8.34. The van der Waals surface area contributed by atoms with Gasteiger partial charge in [0.1, 0.15) is 0 Å². The molecule has 1 saturated carbocycles. The predicted octanol–water partition coefficient (Wildman–Crippen LogP) is 1.90. The highest BCUT2D eigenvalue weighted by molar-refractivity contribution is 5.36. The molecule has 11 heavy (non-hydrogen) atoms. The van der Waals surface area contributed by atoms with Crippen LogP contribution < -0.4 is 0 Å². The topological polar surface area (TPSA) is 29.4 Å². The normalized spacial score (nSPS) is 25.0. The van der Waals surface area contributed by atoms with Crippen LogP contribution in [-0.2, 0) is 4.79 Å². The summed E-state index contributed by atoms with van der Waals surface area (Å²) >= 11 is 0. The van der Waals surface area contributed by atoms with Gasteiger partial charge >= 0.3 is 0 Å². The van der Waals surface area contributed by atoms with E-state index < -0.39 is 11.5 Å². The molecule has 1 aliphatic rings. The molecule has 0 aliphatic heterocycles. The Bertz CT molecular complexity index is 200. The molecule has 0 aromatic heterocycles. The summed E-state index contributed by atoms with van der Waals surface area (Å²) in [5.41, 5.74) is -0.800. The molecule has 0 amide bonds. The highest BCUT2D eigenvalue weighted by atomic mass is 19.3. The maximum absolute atomic E-state index is 12.4. The Hall–Kier alpha value is -0.760. The zero-order chi connectivity index (χ0) is 8.54. The van der Waals surface area contributed by atoms with Crippen LogP contribution in [0.25, 0.3) is 0 Å². The van der Waals surface area contributed by atoms with Gasteiger partial charge in [-0.3, -0.25) is 0 Å². The lowest BCUT2D eigenvalue weighted by molar-refractivity contribution is -0.121. The van der Waals surface area contributed by atoms with Crippen LogP contribution in [0.5, 0.6) is 0 Å². The lowest BCUT2D eigenvalue weighted by Crippen LogP contribution is -2.49. The Morgan fingerprint density at radius 2 is 2.09 bits per heavy atom. The average molecular weight is 161 g/mol. The number of carbonyl (C=O) groups excluding carboxylic acids is 1. The van der Waals surface area contributed by atoms with Gasteiger partial charge in [0.25, 0.3) is 5.92 Å². The van der Waals surface area contributed by atoms with Gasteiger partial charge < -0.3 is 0 Å². The van der Waals surface area contributed by atoms with Crippen LogP contribution in [0.15, 0.2) is 4.99 Å². The Labute approximate surface area is 63.3 Å². The second kappa shape index (κ2) is 2.38. The third-order valence-corrected chi connectivity index (χ3v) is 2.12. The minimum Gasteiger partial charge on any atom is -0.211 e. The molecule has 62 valence electrons. The number of halogens is 2. The summed E-state index contributed by atoms with van der Waals surface area (Å²) in [6.07, 6.45) is 1.23. The van der Waals surface area contributed by atoms with Crippen molar-refractivity contribution in [2.45, 2.75) is 37.6 Å². The van der Waals surface area contributed by atoms with Crippen molar-refractivity contribution < 1.29 is 13.6 Å². The highest BCUT2D eigenvalue weighted by Gasteiger charge is 2.55. The van der Waals surface area contributed by atoms with E-state index in [1.165, 1.54) is 6.08 Å². The lowest BCUT2D eigenvalue weighted by atomic mass is 9.72. The molecule has 0 saturated heterocycles. The summed E-state index contributed by atoms with van der Waals surface area (Å²) < 4.78 is 24.7. The van der Waals surface area contributed by atoms with Crippen LogP contribution in [0.4, 0.5) is 8.78 Å². The first-order valence-corrected chi connectivity index (χ1v) is 3.50. The molecule has 0 bridgehead atoms. The number of alkyl halides is 2. The molecule has 0 heterocycles. The van der Waals surface area contributed by atoms with Crippen molar-refractivity contribution in [2.75, 3.05) is 0 Å². The maximum atomic E-state index is 12.4. The zero-order valence-corrected chi connectivity index (χ0v) is 6.23. The lowest BCUT2D eigenvalue weighted by Gasteiger charge is -2.42. The third kappa shape index (κ3) is 1.46. The average Bonchev–Trinajstić information content (AvgIpc) is 1.84. The van der Waals surface area contributed by atoms with Gasteiger partial charge in [0.2, 0.25) is 6.08 Å². The molecule has 4 heteroatoms. The number of hydrogen-bond acceptors (Lipinski definition) is 2. The van der Waals surface area contributed by atoms with Crippen molar-refractivity contribution in [1.82, 2.24) is 0 Å². The van der Waals surface area contributed by atoms with Gasteiger partial charge in [-0.05, 0) is 6.42 Å². The standard InChI is InChI=1S/C7H9F2NO/c1-2-6(10-5-11)3-7(8,9)4-6/h2-4H2,1H3. The molecule has 1 fully saturated rings. The molecule has 0 unspecified atom stereocenters. The predicted molar refractivity (Wildman–Crippen MR) is 35.3 cm³/mol. The van der Waals surface area contributed by atoms with Gasteiger partial charge in [0.05, 0.1) is 5.54 Å². The smallest absolute Gasteiger partial charge is 0.211 e. The van der Waals surface area contributed by atoms with Crippen LogP contribution >= 0.6 is 0 Å². The van der Waals surface area contributed by atoms with Crippen molar-refractivity contribution in [3.05, 3.63) is 0 Å². The van der Waals surface area contributed by atoms with Crippen LogP contribution in [0.1, 0.15) is 26.2 Å². The molecule has 1 aliphatic carbocycles. The Morgan fingerprint density at radius 1 is 1.55 bits per heavy atom. The van der Waals surface area contributed by atoms with Crippen molar-refractivity contribution in [2.24, 2.45) is 4.99 Å². The molecule has 0 radical (unpaired) electrons. The van der Waals surface area contributed by atoms with Crippen molar-refractivity contribution >= 4 is 6.08 Å². The van der Waals surface area contributed by atoms with E-state index in [4.69, 9.17) is 0 Å². The van der Waals surface area contributed by atoms with Gasteiger partial charge in [-0.1, -0.05) is 6.92 Å². The van der Waals surface area contributed by atoms with Crippen LogP contribution in [0.3, 0.4) is 0 Å². The second-order valence-corrected chi connectivity index (χ2v) is 2.99. The van der Waals surface area contributed by atoms with Crippen molar-refractivity contribution in [1.29, 1.82) is 0 Å². The molecular formula is C7H9F2NO. The first-order chi connectivity index (χ1) is 5.04. The molecule has 0 aromatic carbocycles. The van der Waals surface area contributed by atoms with Crippen LogP contribution in [-0.4, -0.2) is 17.5 Å². The van der Waals surface area contributed by atoms with E-state index in [0.717, 1.165) is 0 Å². The summed E-state index contributed by atoms with van der Waals surface area (Å²) in [6, 6.07) is 0. The van der Waals surface area contributed by atoms with E-state index in [2.05, 4.69) is 4.99 Å². The summed E-state index contributed by atoms with van der Waals surface area (Å²) in [5, 5.41) is 0. The fraction of sp³-hybridized carbons (Fsp3) is 0.857. The molecule has 1 rings (SSSR count). The third-order valence-electron chi connectivity index (χ3n) is 2.12. The van der Waals surface area contributed by atoms with Crippen LogP contribution in [0, 0.1) is 0 Å². The van der Waals surface area contributed by atoms with Gasteiger partial charge in [-0.25, -0.2) is 13.6 Å². The number of isocyanates is 1. The zero-order valence-electron chi connectivity index (χ0n) is 6.23. The summed E-state index contributed by atoms with van der Waals surface area (Å²) in [7, 11) is 0. The highest BCUT2D eigenvalue weighted by Crippen LogP contribution is 2.49. The largest absolute Gasteiger partial charge is 0.252 e. The molecular weight excluding hydrogens is 152 g/mol. The van der Waals surface area contributed by atoms with Crippen molar-refractivity contribution in [3.63, 3.8) is 0 Å². The van der Waals surface area contributed by atoms with E-state index in [1.807, 2.05) is 0 Å². The molecule has 0 spiro atoms. The SMILES string of the molecule is CCC1(N=C=O)CC(F)(F)C1. The van der Waals surface area contributed by atoms with E-state index >= 15 is 0 Å². The van der Waals surface area contributed by atoms with E-state index in [1.54, 1.807) is 6.92 Å². The van der Waals surface area contributed by atoms with Crippen molar-refractivity contribution in [3.8, 4) is 0 Å². The van der Waals surface area contributed by atoms with Gasteiger partial charge in [0, 0.05) is 12.8 Å². The second-order valence-electron chi connectivity index (χ2n) is 2.99. The number of nitrogens with zero attached hydrogens (tertiary/aromatic N) is 1. The van der Waals surface area contributed by atoms with E-state index in [-0.39, 0.29) is 12.8 Å². The number of rotatable bonds is 2. The minimum atomic E-state index is -2.61. The fourth-order valence-corrected chi connectivity index (χ4v) is 1.42. The molecule has 0 N–H and O–H groups in total. The Kier molecular flexibility index (Phi) is 1.80. The summed E-state index contributed by atoms with van der Waals surface area (Å²) in [6.45, 7) is 1.75. The first-order valence-electron chi connectivity index (χ1n) is 3.50. The molecule has 0 atom stereocenters.